The van der Waals surface area contributed by atoms with Crippen molar-refractivity contribution in [2.45, 2.75) is 31.8 Å². The van der Waals surface area contributed by atoms with E-state index in [1.54, 1.807) is 0 Å². The van der Waals surface area contributed by atoms with E-state index in [4.69, 9.17) is 5.26 Å². The average Bonchev–Trinajstić information content (AvgIpc) is 3.07. The monoisotopic (exact) mass is 351 g/mol. The lowest BCUT2D eigenvalue weighted by Gasteiger charge is -2.41. The molecule has 0 unspecified atom stereocenters. The molecule has 3 atom stereocenters. The Kier molecular flexibility index (Phi) is 5.75. The Labute approximate surface area is 156 Å². The number of hydrogen-bond acceptors (Lipinski definition) is 4. The van der Waals surface area contributed by atoms with E-state index in [0.29, 0.717) is 23.6 Å². The van der Waals surface area contributed by atoms with Gasteiger partial charge in [-0.25, -0.2) is 0 Å². The number of hydrogen-bond donors (Lipinski definition) is 0. The molecule has 0 spiro atoms. The fourth-order valence-corrected chi connectivity index (χ4v) is 4.19. The van der Waals surface area contributed by atoms with Crippen LogP contribution >= 0.6 is 0 Å². The first-order valence-electron chi connectivity index (χ1n) is 9.38. The van der Waals surface area contributed by atoms with Crippen molar-refractivity contribution in [2.75, 3.05) is 27.2 Å². The van der Waals surface area contributed by atoms with E-state index in [9.17, 15) is 0 Å². The smallest absolute Gasteiger partial charge is 0.0991 e. The molecule has 5 heteroatoms. The van der Waals surface area contributed by atoms with Gasteiger partial charge in [0.05, 0.1) is 17.8 Å². The van der Waals surface area contributed by atoms with Gasteiger partial charge in [0.1, 0.15) is 0 Å². The van der Waals surface area contributed by atoms with Crippen LogP contribution in [-0.4, -0.2) is 46.8 Å². The molecule has 138 valence electrons. The van der Waals surface area contributed by atoms with Crippen molar-refractivity contribution in [1.82, 2.24) is 19.6 Å². The van der Waals surface area contributed by atoms with Crippen LogP contribution in [0.2, 0.25) is 0 Å². The number of benzene rings is 1. The number of nitriles is 1. The minimum atomic E-state index is 0.324. The highest BCUT2D eigenvalue weighted by Crippen LogP contribution is 2.36. The first-order chi connectivity index (χ1) is 12.5. The van der Waals surface area contributed by atoms with E-state index in [2.05, 4.69) is 60.3 Å². The summed E-state index contributed by atoms with van der Waals surface area (Å²) in [6, 6.07) is 10.9. The molecule has 26 heavy (non-hydrogen) atoms. The van der Waals surface area contributed by atoms with Gasteiger partial charge in [0.15, 0.2) is 0 Å². The molecule has 1 aromatic carbocycles. The van der Waals surface area contributed by atoms with Crippen LogP contribution in [0.3, 0.4) is 0 Å². The van der Waals surface area contributed by atoms with Gasteiger partial charge in [-0.1, -0.05) is 12.1 Å². The van der Waals surface area contributed by atoms with Crippen molar-refractivity contribution >= 4 is 0 Å². The van der Waals surface area contributed by atoms with E-state index in [1.165, 1.54) is 24.0 Å². The van der Waals surface area contributed by atoms with Gasteiger partial charge in [-0.3, -0.25) is 14.5 Å². The highest BCUT2D eigenvalue weighted by Gasteiger charge is 2.32. The summed E-state index contributed by atoms with van der Waals surface area (Å²) < 4.78 is 1.90. The largest absolute Gasteiger partial charge is 0.299 e. The van der Waals surface area contributed by atoms with Crippen LogP contribution in [0.25, 0.3) is 0 Å². The fourth-order valence-electron chi connectivity index (χ4n) is 4.19. The summed E-state index contributed by atoms with van der Waals surface area (Å²) in [6.45, 7) is 4.43. The molecule has 0 radical (unpaired) electrons. The Hall–Kier alpha value is -2.16. The summed E-state index contributed by atoms with van der Waals surface area (Å²) in [5.74, 6) is 0.587. The van der Waals surface area contributed by atoms with Gasteiger partial charge in [-0.15, -0.1) is 0 Å². The lowest BCUT2D eigenvalue weighted by molar-refractivity contribution is 0.0839. The van der Waals surface area contributed by atoms with Gasteiger partial charge in [0, 0.05) is 37.4 Å². The molecular weight excluding hydrogens is 322 g/mol. The molecular formula is C21H29N5. The topological polar surface area (TPSA) is 48.1 Å². The predicted octanol–water partition coefficient (Wildman–Crippen LogP) is 3.37. The minimum absolute atomic E-state index is 0.324. The first kappa shape index (κ1) is 18.6. The van der Waals surface area contributed by atoms with Crippen molar-refractivity contribution < 1.29 is 0 Å². The SMILES string of the molecule is C[C@H](c1ccc(C#N)cc1)N(C)C[C@@H]1CCCN(C)[C@H]1c1cnn(C)c1. The van der Waals surface area contributed by atoms with E-state index < -0.39 is 0 Å². The number of rotatable bonds is 5. The van der Waals surface area contributed by atoms with Crippen LogP contribution in [0.15, 0.2) is 36.7 Å². The Bertz CT molecular complexity index is 757. The highest BCUT2D eigenvalue weighted by molar-refractivity contribution is 5.32. The molecule has 1 fully saturated rings. The number of aromatic nitrogens is 2. The Morgan fingerprint density at radius 1 is 1.31 bits per heavy atom. The predicted molar refractivity (Wildman–Crippen MR) is 104 cm³/mol. The molecule has 3 rings (SSSR count). The number of nitrogens with zero attached hydrogens (tertiary/aromatic N) is 5. The van der Waals surface area contributed by atoms with Gasteiger partial charge in [0.25, 0.3) is 0 Å². The van der Waals surface area contributed by atoms with E-state index in [0.717, 1.165) is 13.1 Å². The third-order valence-electron chi connectivity index (χ3n) is 5.78. The molecule has 1 saturated heterocycles. The second kappa shape index (κ2) is 8.03. The molecule has 0 amide bonds. The third kappa shape index (κ3) is 3.98. The molecule has 1 aliphatic heterocycles. The summed E-state index contributed by atoms with van der Waals surface area (Å²) >= 11 is 0. The molecule has 2 heterocycles. The number of aryl methyl sites for hydroxylation is 1. The van der Waals surface area contributed by atoms with Crippen LogP contribution in [0.4, 0.5) is 0 Å². The molecule has 0 saturated carbocycles. The maximum atomic E-state index is 8.98. The maximum Gasteiger partial charge on any atom is 0.0991 e. The van der Waals surface area contributed by atoms with Gasteiger partial charge in [-0.2, -0.15) is 10.4 Å². The average molecular weight is 351 g/mol. The first-order valence-corrected chi connectivity index (χ1v) is 9.38. The molecule has 0 bridgehead atoms. The van der Waals surface area contributed by atoms with Gasteiger partial charge >= 0.3 is 0 Å². The number of likely N-dealkylation sites (tertiary alicyclic amines) is 1. The zero-order valence-electron chi connectivity index (χ0n) is 16.3. The summed E-state index contributed by atoms with van der Waals surface area (Å²) in [6.07, 6.45) is 6.67. The van der Waals surface area contributed by atoms with Crippen LogP contribution < -0.4 is 0 Å². The molecule has 0 aliphatic carbocycles. The zero-order chi connectivity index (χ0) is 18.7. The second-order valence-electron chi connectivity index (χ2n) is 7.62. The maximum absolute atomic E-state index is 8.98. The fraction of sp³-hybridized carbons (Fsp3) is 0.524. The summed E-state index contributed by atoms with van der Waals surface area (Å²) in [7, 11) is 6.42. The van der Waals surface area contributed by atoms with Crippen molar-refractivity contribution in [3.05, 3.63) is 53.3 Å². The lowest BCUT2D eigenvalue weighted by atomic mass is 9.85. The van der Waals surface area contributed by atoms with Crippen molar-refractivity contribution in [1.29, 1.82) is 5.26 Å². The number of piperidine rings is 1. The molecule has 1 aliphatic rings. The van der Waals surface area contributed by atoms with Gasteiger partial charge < -0.3 is 0 Å². The quantitative estimate of drug-likeness (QED) is 0.829. The summed E-state index contributed by atoms with van der Waals surface area (Å²) in [5.41, 5.74) is 3.29. The normalized spacial score (nSPS) is 22.3. The molecule has 1 aromatic heterocycles. The van der Waals surface area contributed by atoms with Crippen molar-refractivity contribution in [2.24, 2.45) is 13.0 Å². The standard InChI is InChI=1S/C21H29N5/c1-16(18-9-7-17(12-22)8-10-18)25(3)14-19-6-5-11-24(2)21(19)20-13-23-26(4)15-20/h7-10,13,15-16,19,21H,5-6,11,14H2,1-4H3/t16-,19+,21-/m1/s1. The van der Waals surface area contributed by atoms with Gasteiger partial charge in [-0.05, 0) is 64.0 Å². The Morgan fingerprint density at radius 3 is 2.65 bits per heavy atom. The Balaban J connectivity index is 1.73. The van der Waals surface area contributed by atoms with Crippen LogP contribution in [0, 0.1) is 17.2 Å². The summed E-state index contributed by atoms with van der Waals surface area (Å²) in [5, 5.41) is 13.4. The summed E-state index contributed by atoms with van der Waals surface area (Å²) in [4.78, 5) is 4.92. The lowest BCUT2D eigenvalue weighted by Crippen LogP contribution is -2.41. The van der Waals surface area contributed by atoms with Crippen LogP contribution in [0.5, 0.6) is 0 Å². The van der Waals surface area contributed by atoms with Gasteiger partial charge in [0.2, 0.25) is 0 Å². The Morgan fingerprint density at radius 2 is 2.04 bits per heavy atom. The second-order valence-corrected chi connectivity index (χ2v) is 7.62. The van der Waals surface area contributed by atoms with E-state index in [1.807, 2.05) is 30.1 Å². The van der Waals surface area contributed by atoms with Crippen molar-refractivity contribution in [3.8, 4) is 6.07 Å². The molecule has 2 aromatic rings. The third-order valence-corrected chi connectivity index (χ3v) is 5.78. The van der Waals surface area contributed by atoms with Crippen LogP contribution in [-0.2, 0) is 7.05 Å². The minimum Gasteiger partial charge on any atom is -0.299 e. The molecule has 5 nitrogen and oxygen atoms in total. The van der Waals surface area contributed by atoms with Crippen LogP contribution in [0.1, 0.15) is 48.5 Å². The van der Waals surface area contributed by atoms with E-state index in [-0.39, 0.29) is 0 Å². The van der Waals surface area contributed by atoms with Crippen molar-refractivity contribution in [3.63, 3.8) is 0 Å². The highest BCUT2D eigenvalue weighted by atomic mass is 15.3. The zero-order valence-corrected chi connectivity index (χ0v) is 16.3. The van der Waals surface area contributed by atoms with E-state index >= 15 is 0 Å². The molecule has 0 N–H and O–H groups in total.